The van der Waals surface area contributed by atoms with E-state index in [2.05, 4.69) is 4.74 Å². The number of halogens is 3. The minimum Gasteiger partial charge on any atom is -0.467 e. The molecule has 7 heteroatoms. The van der Waals surface area contributed by atoms with E-state index >= 15 is 0 Å². The second-order valence-electron chi connectivity index (χ2n) is 3.56. The molecule has 1 aliphatic rings. The average molecular weight is 239 g/mol. The predicted molar refractivity (Wildman–Crippen MR) is 47.4 cm³/mol. The third-order valence-corrected chi connectivity index (χ3v) is 2.40. The van der Waals surface area contributed by atoms with Crippen LogP contribution < -0.4 is 0 Å². The Morgan fingerprint density at radius 1 is 1.44 bits per heavy atom. The zero-order chi connectivity index (χ0) is 12.3. The van der Waals surface area contributed by atoms with Crippen molar-refractivity contribution in [2.45, 2.75) is 31.5 Å². The van der Waals surface area contributed by atoms with Crippen LogP contribution in [0.25, 0.3) is 0 Å². The number of rotatable bonds is 2. The van der Waals surface area contributed by atoms with Crippen molar-refractivity contribution >= 4 is 11.9 Å². The summed E-state index contributed by atoms with van der Waals surface area (Å²) in [6.07, 6.45) is -5.19. The van der Waals surface area contributed by atoms with Crippen LogP contribution in [0.15, 0.2) is 0 Å². The van der Waals surface area contributed by atoms with Crippen molar-refractivity contribution in [2.75, 3.05) is 13.7 Å². The Kier molecular flexibility index (Phi) is 3.77. The van der Waals surface area contributed by atoms with E-state index in [0.717, 1.165) is 12.0 Å². The number of ether oxygens (including phenoxy) is 1. The van der Waals surface area contributed by atoms with Crippen molar-refractivity contribution in [3.05, 3.63) is 0 Å². The molecule has 1 aliphatic heterocycles. The van der Waals surface area contributed by atoms with Crippen LogP contribution in [0.4, 0.5) is 13.2 Å². The van der Waals surface area contributed by atoms with Crippen molar-refractivity contribution in [3.63, 3.8) is 0 Å². The highest BCUT2D eigenvalue weighted by Gasteiger charge is 2.40. The monoisotopic (exact) mass is 239 g/mol. The molecule has 0 N–H and O–H groups in total. The topological polar surface area (TPSA) is 46.6 Å². The fraction of sp³-hybridized carbons (Fsp3) is 0.778. The summed E-state index contributed by atoms with van der Waals surface area (Å²) in [5, 5.41) is 0. The van der Waals surface area contributed by atoms with Crippen LogP contribution >= 0.6 is 0 Å². The molecular formula is C9H12F3NO3. The van der Waals surface area contributed by atoms with E-state index < -0.39 is 30.5 Å². The number of carbonyl (C=O) groups is 2. The number of alkyl halides is 3. The third kappa shape index (κ3) is 3.11. The van der Waals surface area contributed by atoms with Crippen LogP contribution in [-0.4, -0.2) is 42.6 Å². The van der Waals surface area contributed by atoms with E-state index in [9.17, 15) is 22.8 Å². The molecule has 16 heavy (non-hydrogen) atoms. The van der Waals surface area contributed by atoms with Crippen molar-refractivity contribution < 1.29 is 27.5 Å². The fourth-order valence-electron chi connectivity index (χ4n) is 1.72. The Morgan fingerprint density at radius 3 is 2.56 bits per heavy atom. The Bertz CT molecular complexity index is 290. The normalized spacial score (nSPS) is 21.0. The van der Waals surface area contributed by atoms with Gasteiger partial charge < -0.3 is 9.64 Å². The van der Waals surface area contributed by atoms with E-state index in [-0.39, 0.29) is 6.54 Å². The number of carbonyl (C=O) groups excluding carboxylic acids is 2. The Hall–Kier alpha value is -1.27. The maximum absolute atomic E-state index is 12.0. The summed E-state index contributed by atoms with van der Waals surface area (Å²) in [5.74, 6) is -1.73. The van der Waals surface area contributed by atoms with Gasteiger partial charge in [0.05, 0.1) is 7.11 Å². The van der Waals surface area contributed by atoms with Crippen LogP contribution in [0, 0.1) is 0 Å². The van der Waals surface area contributed by atoms with Gasteiger partial charge in [-0.1, -0.05) is 0 Å². The fourth-order valence-corrected chi connectivity index (χ4v) is 1.72. The van der Waals surface area contributed by atoms with Gasteiger partial charge in [0.15, 0.2) is 0 Å². The first-order valence-electron chi connectivity index (χ1n) is 4.79. The number of hydrogen-bond donors (Lipinski definition) is 0. The second kappa shape index (κ2) is 4.71. The van der Waals surface area contributed by atoms with E-state index in [0.29, 0.717) is 12.8 Å². The lowest BCUT2D eigenvalue weighted by atomic mass is 10.2. The quantitative estimate of drug-likeness (QED) is 0.678. The summed E-state index contributed by atoms with van der Waals surface area (Å²) in [7, 11) is 1.15. The molecular weight excluding hydrogens is 227 g/mol. The molecule has 0 spiro atoms. The maximum Gasteiger partial charge on any atom is 0.397 e. The van der Waals surface area contributed by atoms with Crippen LogP contribution in [0.2, 0.25) is 0 Å². The molecule has 0 aromatic rings. The SMILES string of the molecule is COC(=O)[C@@H]1CCCN1C(=O)CC(F)(F)F. The Morgan fingerprint density at radius 2 is 2.06 bits per heavy atom. The lowest BCUT2D eigenvalue weighted by Crippen LogP contribution is -2.42. The number of likely N-dealkylation sites (tertiary alicyclic amines) is 1. The van der Waals surface area contributed by atoms with Gasteiger partial charge in [0, 0.05) is 6.54 Å². The number of esters is 1. The largest absolute Gasteiger partial charge is 0.467 e. The second-order valence-corrected chi connectivity index (χ2v) is 3.56. The molecule has 0 aliphatic carbocycles. The molecule has 1 atom stereocenters. The zero-order valence-corrected chi connectivity index (χ0v) is 8.71. The summed E-state index contributed by atoms with van der Waals surface area (Å²) >= 11 is 0. The molecule has 1 amide bonds. The minimum atomic E-state index is -4.54. The average Bonchev–Trinajstić information content (AvgIpc) is 2.62. The van der Waals surface area contributed by atoms with Crippen molar-refractivity contribution in [1.29, 1.82) is 0 Å². The van der Waals surface area contributed by atoms with Gasteiger partial charge in [-0.2, -0.15) is 13.2 Å². The van der Waals surface area contributed by atoms with Crippen LogP contribution in [0.5, 0.6) is 0 Å². The number of hydrogen-bond acceptors (Lipinski definition) is 3. The van der Waals surface area contributed by atoms with Crippen LogP contribution in [0.3, 0.4) is 0 Å². The minimum absolute atomic E-state index is 0.175. The molecule has 1 saturated heterocycles. The molecule has 0 saturated carbocycles. The highest BCUT2D eigenvalue weighted by Crippen LogP contribution is 2.25. The van der Waals surface area contributed by atoms with E-state index in [1.54, 1.807) is 0 Å². The number of nitrogens with zero attached hydrogens (tertiary/aromatic N) is 1. The summed E-state index contributed by atoms with van der Waals surface area (Å²) in [4.78, 5) is 23.4. The smallest absolute Gasteiger partial charge is 0.397 e. The molecule has 0 bridgehead atoms. The molecule has 1 heterocycles. The molecule has 92 valence electrons. The molecule has 0 aromatic heterocycles. The van der Waals surface area contributed by atoms with Gasteiger partial charge in [-0.3, -0.25) is 4.79 Å². The summed E-state index contributed by atoms with van der Waals surface area (Å²) < 4.78 is 40.4. The van der Waals surface area contributed by atoms with Crippen molar-refractivity contribution in [1.82, 2.24) is 4.90 Å². The van der Waals surface area contributed by atoms with E-state index in [1.165, 1.54) is 0 Å². The van der Waals surface area contributed by atoms with Gasteiger partial charge in [0.2, 0.25) is 5.91 Å². The van der Waals surface area contributed by atoms with Crippen LogP contribution in [-0.2, 0) is 14.3 Å². The highest BCUT2D eigenvalue weighted by atomic mass is 19.4. The standard InChI is InChI=1S/C9H12F3NO3/c1-16-8(15)6-3-2-4-13(6)7(14)5-9(10,11)12/h6H,2-5H2,1H3/t6-/m0/s1. The van der Waals surface area contributed by atoms with E-state index in [4.69, 9.17) is 0 Å². The first-order valence-corrected chi connectivity index (χ1v) is 4.79. The summed E-state index contributed by atoms with van der Waals surface area (Å²) in [6, 6.07) is -0.861. The number of amides is 1. The Labute approximate surface area is 90.3 Å². The third-order valence-electron chi connectivity index (χ3n) is 2.40. The molecule has 4 nitrogen and oxygen atoms in total. The molecule has 0 aromatic carbocycles. The highest BCUT2D eigenvalue weighted by molar-refractivity contribution is 5.85. The van der Waals surface area contributed by atoms with Gasteiger partial charge in [-0.15, -0.1) is 0 Å². The van der Waals surface area contributed by atoms with E-state index in [1.807, 2.05) is 0 Å². The maximum atomic E-state index is 12.0. The van der Waals surface area contributed by atoms with Gasteiger partial charge >= 0.3 is 12.1 Å². The van der Waals surface area contributed by atoms with Crippen LogP contribution in [0.1, 0.15) is 19.3 Å². The van der Waals surface area contributed by atoms with Gasteiger partial charge in [-0.05, 0) is 12.8 Å². The van der Waals surface area contributed by atoms with Crippen molar-refractivity contribution in [3.8, 4) is 0 Å². The van der Waals surface area contributed by atoms with Crippen molar-refractivity contribution in [2.24, 2.45) is 0 Å². The summed E-state index contributed by atoms with van der Waals surface area (Å²) in [6.45, 7) is 0.175. The first-order chi connectivity index (χ1) is 7.35. The molecule has 1 fully saturated rings. The molecule has 0 unspecified atom stereocenters. The van der Waals surface area contributed by atoms with Gasteiger partial charge in [0.1, 0.15) is 12.5 Å². The first kappa shape index (κ1) is 12.8. The van der Waals surface area contributed by atoms with Gasteiger partial charge in [0.25, 0.3) is 0 Å². The summed E-state index contributed by atoms with van der Waals surface area (Å²) in [5.41, 5.74) is 0. The molecule has 1 rings (SSSR count). The number of methoxy groups -OCH3 is 1. The van der Waals surface area contributed by atoms with Gasteiger partial charge in [-0.25, -0.2) is 4.79 Å². The lowest BCUT2D eigenvalue weighted by Gasteiger charge is -2.23. The predicted octanol–water partition coefficient (Wildman–Crippen LogP) is 1.10. The zero-order valence-electron chi connectivity index (χ0n) is 8.71. The Balaban J connectivity index is 2.65. The molecule has 0 radical (unpaired) electrons. The lowest BCUT2D eigenvalue weighted by molar-refractivity contribution is -0.166.